The average molecular weight is 210 g/mol. The highest BCUT2D eigenvalue weighted by Gasteiger charge is 2.25. The summed E-state index contributed by atoms with van der Waals surface area (Å²) in [5.41, 5.74) is 0. The molecule has 2 fully saturated rings. The van der Waals surface area contributed by atoms with E-state index in [0.29, 0.717) is 0 Å². The molecule has 0 aromatic heterocycles. The summed E-state index contributed by atoms with van der Waals surface area (Å²) in [5.74, 6) is 0.822. The Kier molecular flexibility index (Phi) is 4.04. The van der Waals surface area contributed by atoms with Crippen molar-refractivity contribution in [2.45, 2.75) is 45.6 Å². The molecule has 1 saturated carbocycles. The van der Waals surface area contributed by atoms with Crippen LogP contribution >= 0.6 is 0 Å². The highest BCUT2D eigenvalue weighted by molar-refractivity contribution is 4.82. The van der Waals surface area contributed by atoms with Gasteiger partial charge >= 0.3 is 0 Å². The minimum atomic E-state index is 0.822. The fourth-order valence-corrected chi connectivity index (χ4v) is 3.10. The number of hydrogen-bond donors (Lipinski definition) is 0. The van der Waals surface area contributed by atoms with Crippen molar-refractivity contribution in [3.05, 3.63) is 0 Å². The Morgan fingerprint density at radius 1 is 1.00 bits per heavy atom. The molecule has 0 atom stereocenters. The molecule has 2 heteroatoms. The molecule has 0 unspecified atom stereocenters. The molecular formula is C13H26N2. The van der Waals surface area contributed by atoms with Crippen LogP contribution in [-0.2, 0) is 0 Å². The van der Waals surface area contributed by atoms with Gasteiger partial charge in [-0.1, -0.05) is 26.7 Å². The van der Waals surface area contributed by atoms with E-state index in [1.807, 2.05) is 0 Å². The maximum Gasteiger partial charge on any atom is 0.0113 e. The van der Waals surface area contributed by atoms with Crippen molar-refractivity contribution in [1.29, 1.82) is 0 Å². The van der Waals surface area contributed by atoms with Gasteiger partial charge in [0.2, 0.25) is 0 Å². The highest BCUT2D eigenvalue weighted by Crippen LogP contribution is 2.24. The Balaban J connectivity index is 1.71. The summed E-state index contributed by atoms with van der Waals surface area (Å²) in [5, 5.41) is 0. The lowest BCUT2D eigenvalue weighted by Gasteiger charge is -2.38. The summed E-state index contributed by atoms with van der Waals surface area (Å²) in [6.45, 7) is 11.2. The fourth-order valence-electron chi connectivity index (χ4n) is 3.10. The quantitative estimate of drug-likeness (QED) is 0.704. The fraction of sp³-hybridized carbons (Fsp3) is 1.00. The maximum absolute atomic E-state index is 2.74. The zero-order valence-corrected chi connectivity index (χ0v) is 10.4. The highest BCUT2D eigenvalue weighted by atomic mass is 15.3. The Labute approximate surface area is 94.6 Å². The van der Waals surface area contributed by atoms with Gasteiger partial charge in [-0.25, -0.2) is 0 Å². The van der Waals surface area contributed by atoms with E-state index in [-0.39, 0.29) is 0 Å². The van der Waals surface area contributed by atoms with Crippen molar-refractivity contribution >= 4 is 0 Å². The zero-order valence-electron chi connectivity index (χ0n) is 10.4. The van der Waals surface area contributed by atoms with Crippen molar-refractivity contribution in [3.63, 3.8) is 0 Å². The molecule has 1 heterocycles. The Morgan fingerprint density at radius 2 is 1.60 bits per heavy atom. The predicted molar refractivity (Wildman–Crippen MR) is 65.1 cm³/mol. The van der Waals surface area contributed by atoms with Crippen LogP contribution in [0.15, 0.2) is 0 Å². The molecule has 0 amide bonds. The molecule has 0 spiro atoms. The van der Waals surface area contributed by atoms with E-state index in [9.17, 15) is 0 Å². The average Bonchev–Trinajstić information content (AvgIpc) is 2.71. The monoisotopic (exact) mass is 210 g/mol. The van der Waals surface area contributed by atoms with E-state index in [1.54, 1.807) is 0 Å². The van der Waals surface area contributed by atoms with Crippen molar-refractivity contribution in [2.24, 2.45) is 5.92 Å². The summed E-state index contributed by atoms with van der Waals surface area (Å²) < 4.78 is 0. The Hall–Kier alpha value is -0.0800. The van der Waals surface area contributed by atoms with Gasteiger partial charge in [0, 0.05) is 38.8 Å². The van der Waals surface area contributed by atoms with Gasteiger partial charge in [0.25, 0.3) is 0 Å². The van der Waals surface area contributed by atoms with Crippen LogP contribution in [-0.4, -0.2) is 48.6 Å². The third-order valence-electron chi connectivity index (χ3n) is 3.87. The summed E-state index contributed by atoms with van der Waals surface area (Å²) >= 11 is 0. The Bertz CT molecular complexity index is 177. The van der Waals surface area contributed by atoms with Crippen LogP contribution in [0, 0.1) is 5.92 Å². The third-order valence-corrected chi connectivity index (χ3v) is 3.87. The molecule has 0 aromatic carbocycles. The molecule has 0 bridgehead atoms. The molecule has 1 aliphatic carbocycles. The van der Waals surface area contributed by atoms with Crippen LogP contribution < -0.4 is 0 Å². The van der Waals surface area contributed by atoms with Gasteiger partial charge in [-0.3, -0.25) is 4.90 Å². The van der Waals surface area contributed by atoms with Crippen molar-refractivity contribution in [2.75, 3.05) is 32.7 Å². The van der Waals surface area contributed by atoms with Gasteiger partial charge in [-0.15, -0.1) is 0 Å². The minimum Gasteiger partial charge on any atom is -0.301 e. The van der Waals surface area contributed by atoms with E-state index >= 15 is 0 Å². The second-order valence-corrected chi connectivity index (χ2v) is 5.67. The molecule has 88 valence electrons. The summed E-state index contributed by atoms with van der Waals surface area (Å²) in [6.07, 6.45) is 5.86. The van der Waals surface area contributed by atoms with E-state index in [1.165, 1.54) is 58.4 Å². The lowest BCUT2D eigenvalue weighted by molar-refractivity contribution is 0.0908. The first kappa shape index (κ1) is 11.4. The summed E-state index contributed by atoms with van der Waals surface area (Å²) in [6, 6.07) is 0.936. The van der Waals surface area contributed by atoms with Crippen LogP contribution in [0.5, 0.6) is 0 Å². The second kappa shape index (κ2) is 5.31. The van der Waals surface area contributed by atoms with Gasteiger partial charge in [0.1, 0.15) is 0 Å². The third kappa shape index (κ3) is 3.18. The van der Waals surface area contributed by atoms with Gasteiger partial charge in [0.05, 0.1) is 0 Å². The first-order valence-electron chi connectivity index (χ1n) is 6.72. The number of piperazine rings is 1. The van der Waals surface area contributed by atoms with Gasteiger partial charge in [0.15, 0.2) is 0 Å². The zero-order chi connectivity index (χ0) is 10.7. The summed E-state index contributed by atoms with van der Waals surface area (Å²) in [7, 11) is 0. The number of hydrogen-bond acceptors (Lipinski definition) is 2. The normalized spacial score (nSPS) is 26.6. The smallest absolute Gasteiger partial charge is 0.0113 e. The number of nitrogens with zero attached hydrogens (tertiary/aromatic N) is 2. The SMILES string of the molecule is CC(C)CN1CCN(C2CCCC2)CC1. The molecule has 0 radical (unpaired) electrons. The molecular weight excluding hydrogens is 184 g/mol. The van der Waals surface area contributed by atoms with E-state index in [0.717, 1.165) is 12.0 Å². The van der Waals surface area contributed by atoms with Crippen molar-refractivity contribution in [1.82, 2.24) is 9.80 Å². The summed E-state index contributed by atoms with van der Waals surface area (Å²) in [4.78, 5) is 5.37. The van der Waals surface area contributed by atoms with Gasteiger partial charge < -0.3 is 4.90 Å². The molecule has 2 rings (SSSR count). The molecule has 1 aliphatic heterocycles. The lowest BCUT2D eigenvalue weighted by atomic mass is 10.1. The van der Waals surface area contributed by atoms with Gasteiger partial charge in [-0.2, -0.15) is 0 Å². The molecule has 0 aromatic rings. The molecule has 1 saturated heterocycles. The first-order chi connectivity index (χ1) is 7.25. The molecule has 2 aliphatic rings. The largest absolute Gasteiger partial charge is 0.301 e. The second-order valence-electron chi connectivity index (χ2n) is 5.67. The maximum atomic E-state index is 2.74. The Morgan fingerprint density at radius 3 is 2.13 bits per heavy atom. The van der Waals surface area contributed by atoms with Crippen LogP contribution in [0.3, 0.4) is 0 Å². The van der Waals surface area contributed by atoms with Crippen LogP contribution in [0.2, 0.25) is 0 Å². The van der Waals surface area contributed by atoms with Crippen molar-refractivity contribution in [3.8, 4) is 0 Å². The van der Waals surface area contributed by atoms with Crippen LogP contribution in [0.25, 0.3) is 0 Å². The molecule has 0 N–H and O–H groups in total. The lowest BCUT2D eigenvalue weighted by Crippen LogP contribution is -2.50. The van der Waals surface area contributed by atoms with Crippen LogP contribution in [0.4, 0.5) is 0 Å². The minimum absolute atomic E-state index is 0.822. The predicted octanol–water partition coefficient (Wildman–Crippen LogP) is 2.20. The van der Waals surface area contributed by atoms with Crippen molar-refractivity contribution < 1.29 is 0 Å². The van der Waals surface area contributed by atoms with E-state index < -0.39 is 0 Å². The van der Waals surface area contributed by atoms with E-state index in [2.05, 4.69) is 23.6 Å². The number of rotatable bonds is 3. The van der Waals surface area contributed by atoms with Gasteiger partial charge in [-0.05, 0) is 18.8 Å². The van der Waals surface area contributed by atoms with Crippen LogP contribution in [0.1, 0.15) is 39.5 Å². The first-order valence-corrected chi connectivity index (χ1v) is 6.72. The molecule has 2 nitrogen and oxygen atoms in total. The standard InChI is InChI=1S/C13H26N2/c1-12(2)11-14-7-9-15(10-8-14)13-5-3-4-6-13/h12-13H,3-11H2,1-2H3. The molecule has 15 heavy (non-hydrogen) atoms. The topological polar surface area (TPSA) is 6.48 Å². The van der Waals surface area contributed by atoms with E-state index in [4.69, 9.17) is 0 Å².